The molecular formula is C12H16N4O. The molecule has 0 saturated carbocycles. The molecule has 0 amide bonds. The number of H-pyrrole nitrogens is 1. The lowest BCUT2D eigenvalue weighted by Gasteiger charge is -2.05. The Kier molecular flexibility index (Phi) is 3.08. The summed E-state index contributed by atoms with van der Waals surface area (Å²) < 4.78 is 1.81. The van der Waals surface area contributed by atoms with E-state index in [9.17, 15) is 4.79 Å². The molecule has 0 unspecified atom stereocenters. The Morgan fingerprint density at radius 3 is 2.82 bits per heavy atom. The van der Waals surface area contributed by atoms with E-state index in [0.717, 1.165) is 12.1 Å². The van der Waals surface area contributed by atoms with Crippen molar-refractivity contribution in [3.05, 3.63) is 34.6 Å². The summed E-state index contributed by atoms with van der Waals surface area (Å²) in [5.41, 5.74) is 1.43. The van der Waals surface area contributed by atoms with Crippen LogP contribution in [0, 0.1) is 0 Å². The molecule has 1 N–H and O–H groups in total. The minimum absolute atomic E-state index is 0.122. The molecule has 0 aliphatic heterocycles. The summed E-state index contributed by atoms with van der Waals surface area (Å²) in [4.78, 5) is 18.7. The van der Waals surface area contributed by atoms with Crippen molar-refractivity contribution < 1.29 is 0 Å². The second-order valence-electron chi connectivity index (χ2n) is 4.26. The Labute approximate surface area is 99.5 Å². The maximum atomic E-state index is 11.5. The predicted octanol–water partition coefficient (Wildman–Crippen LogP) is 1.78. The largest absolute Gasteiger partial charge is 0.310 e. The minimum atomic E-state index is -0.122. The third kappa shape index (κ3) is 2.43. The second kappa shape index (κ2) is 4.53. The van der Waals surface area contributed by atoms with Crippen molar-refractivity contribution in [3.63, 3.8) is 0 Å². The zero-order valence-corrected chi connectivity index (χ0v) is 10.3. The Bertz CT molecular complexity index is 568. The van der Waals surface area contributed by atoms with E-state index in [-0.39, 0.29) is 11.5 Å². The molecule has 5 nitrogen and oxygen atoms in total. The zero-order chi connectivity index (χ0) is 12.4. The highest BCUT2D eigenvalue weighted by molar-refractivity contribution is 5.56. The minimum Gasteiger partial charge on any atom is -0.310 e. The molecule has 2 rings (SSSR count). The van der Waals surface area contributed by atoms with Crippen molar-refractivity contribution in [2.75, 3.05) is 0 Å². The van der Waals surface area contributed by atoms with Gasteiger partial charge in [0.1, 0.15) is 5.82 Å². The summed E-state index contributed by atoms with van der Waals surface area (Å²) in [5, 5.41) is 4.18. The third-order valence-corrected chi connectivity index (χ3v) is 2.56. The van der Waals surface area contributed by atoms with Gasteiger partial charge < -0.3 is 4.98 Å². The normalized spacial score (nSPS) is 11.1. The molecular weight excluding hydrogens is 216 g/mol. The molecule has 5 heteroatoms. The van der Waals surface area contributed by atoms with Gasteiger partial charge >= 0.3 is 0 Å². The Morgan fingerprint density at radius 2 is 2.24 bits per heavy atom. The van der Waals surface area contributed by atoms with E-state index in [4.69, 9.17) is 0 Å². The highest BCUT2D eigenvalue weighted by Gasteiger charge is 2.08. The van der Waals surface area contributed by atoms with E-state index < -0.39 is 0 Å². The fourth-order valence-electron chi connectivity index (χ4n) is 1.57. The number of hydrogen-bond donors (Lipinski definition) is 1. The van der Waals surface area contributed by atoms with E-state index >= 15 is 0 Å². The molecule has 0 fully saturated rings. The van der Waals surface area contributed by atoms with Gasteiger partial charge in [0.25, 0.3) is 5.56 Å². The van der Waals surface area contributed by atoms with Crippen LogP contribution in [0.1, 0.15) is 32.5 Å². The molecule has 2 aromatic heterocycles. The predicted molar refractivity (Wildman–Crippen MR) is 65.8 cm³/mol. The first kappa shape index (κ1) is 11.6. The van der Waals surface area contributed by atoms with Crippen LogP contribution in [0.2, 0.25) is 0 Å². The lowest BCUT2D eigenvalue weighted by Crippen LogP contribution is -2.11. The van der Waals surface area contributed by atoms with Gasteiger partial charge in [0, 0.05) is 30.3 Å². The summed E-state index contributed by atoms with van der Waals surface area (Å²) in [6, 6.07) is 1.50. The first-order valence-corrected chi connectivity index (χ1v) is 5.74. The lowest BCUT2D eigenvalue weighted by atomic mass is 10.2. The van der Waals surface area contributed by atoms with Gasteiger partial charge in [-0.05, 0) is 6.92 Å². The molecule has 0 atom stereocenters. The molecule has 17 heavy (non-hydrogen) atoms. The van der Waals surface area contributed by atoms with Crippen LogP contribution in [0.5, 0.6) is 0 Å². The van der Waals surface area contributed by atoms with Crippen LogP contribution in [0.15, 0.2) is 23.3 Å². The van der Waals surface area contributed by atoms with Crippen molar-refractivity contribution in [2.45, 2.75) is 33.2 Å². The van der Waals surface area contributed by atoms with Gasteiger partial charge in [-0.2, -0.15) is 5.10 Å². The van der Waals surface area contributed by atoms with Crippen LogP contribution in [-0.4, -0.2) is 19.7 Å². The Morgan fingerprint density at radius 1 is 1.47 bits per heavy atom. The smallest absolute Gasteiger partial charge is 0.251 e. The number of aromatic amines is 1. The highest BCUT2D eigenvalue weighted by atomic mass is 16.1. The molecule has 0 saturated heterocycles. The van der Waals surface area contributed by atoms with Crippen LogP contribution in [0.4, 0.5) is 0 Å². The van der Waals surface area contributed by atoms with Crippen LogP contribution < -0.4 is 5.56 Å². The maximum Gasteiger partial charge on any atom is 0.251 e. The molecule has 2 aromatic rings. The quantitative estimate of drug-likeness (QED) is 0.877. The second-order valence-corrected chi connectivity index (χ2v) is 4.26. The first-order valence-electron chi connectivity index (χ1n) is 5.74. The van der Waals surface area contributed by atoms with Gasteiger partial charge in [-0.1, -0.05) is 13.8 Å². The number of rotatable bonds is 3. The van der Waals surface area contributed by atoms with Crippen LogP contribution in [0.25, 0.3) is 11.3 Å². The lowest BCUT2D eigenvalue weighted by molar-refractivity contribution is 0.660. The number of nitrogens with one attached hydrogen (secondary N) is 1. The van der Waals surface area contributed by atoms with E-state index in [1.54, 1.807) is 6.20 Å². The van der Waals surface area contributed by atoms with E-state index in [1.165, 1.54) is 6.07 Å². The van der Waals surface area contributed by atoms with Crippen LogP contribution in [-0.2, 0) is 6.54 Å². The fourth-order valence-corrected chi connectivity index (χ4v) is 1.57. The van der Waals surface area contributed by atoms with Crippen molar-refractivity contribution in [1.29, 1.82) is 0 Å². The number of nitrogens with zero attached hydrogens (tertiary/aromatic N) is 3. The topological polar surface area (TPSA) is 63.6 Å². The van der Waals surface area contributed by atoms with Gasteiger partial charge in [0.05, 0.1) is 11.9 Å². The van der Waals surface area contributed by atoms with Gasteiger partial charge in [-0.25, -0.2) is 4.98 Å². The monoisotopic (exact) mass is 232 g/mol. The molecule has 2 heterocycles. The molecule has 0 aliphatic rings. The molecule has 90 valence electrons. The van der Waals surface area contributed by atoms with Crippen LogP contribution >= 0.6 is 0 Å². The van der Waals surface area contributed by atoms with Crippen LogP contribution in [0.3, 0.4) is 0 Å². The van der Waals surface area contributed by atoms with Gasteiger partial charge in [-0.15, -0.1) is 0 Å². The van der Waals surface area contributed by atoms with Crippen molar-refractivity contribution in [1.82, 2.24) is 19.7 Å². The van der Waals surface area contributed by atoms with Crippen molar-refractivity contribution in [2.24, 2.45) is 0 Å². The van der Waals surface area contributed by atoms with Crippen molar-refractivity contribution in [3.8, 4) is 11.3 Å². The van der Waals surface area contributed by atoms with Gasteiger partial charge in [0.15, 0.2) is 0 Å². The zero-order valence-electron chi connectivity index (χ0n) is 10.3. The summed E-state index contributed by atoms with van der Waals surface area (Å²) in [6.45, 7) is 6.82. The number of aromatic nitrogens is 4. The third-order valence-electron chi connectivity index (χ3n) is 2.56. The molecule has 0 radical (unpaired) electrons. The Hall–Kier alpha value is -1.91. The Balaban J connectivity index is 2.48. The summed E-state index contributed by atoms with van der Waals surface area (Å²) in [6.07, 6.45) is 3.63. The number of hydrogen-bond acceptors (Lipinski definition) is 3. The van der Waals surface area contributed by atoms with E-state index in [1.807, 2.05) is 31.6 Å². The van der Waals surface area contributed by atoms with Crippen molar-refractivity contribution >= 4 is 0 Å². The standard InChI is InChI=1S/C12H16N4O/c1-4-16-7-9(6-13-16)10-5-11(17)15-12(14-10)8(2)3/h5-8H,4H2,1-3H3,(H,14,15,17). The summed E-state index contributed by atoms with van der Waals surface area (Å²) in [5.74, 6) is 0.903. The molecule has 0 aromatic carbocycles. The molecule has 0 spiro atoms. The van der Waals surface area contributed by atoms with E-state index in [2.05, 4.69) is 15.1 Å². The average molecular weight is 232 g/mol. The maximum absolute atomic E-state index is 11.5. The highest BCUT2D eigenvalue weighted by Crippen LogP contribution is 2.16. The molecule has 0 bridgehead atoms. The number of aryl methyl sites for hydroxylation is 1. The summed E-state index contributed by atoms with van der Waals surface area (Å²) >= 11 is 0. The average Bonchev–Trinajstić information content (AvgIpc) is 2.76. The molecule has 0 aliphatic carbocycles. The fraction of sp³-hybridized carbons (Fsp3) is 0.417. The van der Waals surface area contributed by atoms with Gasteiger partial charge in [-0.3, -0.25) is 9.48 Å². The van der Waals surface area contributed by atoms with Gasteiger partial charge in [0.2, 0.25) is 0 Å². The van der Waals surface area contributed by atoms with E-state index in [0.29, 0.717) is 11.5 Å². The SMILES string of the molecule is CCn1cc(-c2cc(=O)[nH]c(C(C)C)n2)cn1. The first-order chi connectivity index (χ1) is 8.10. The summed E-state index contributed by atoms with van der Waals surface area (Å²) in [7, 11) is 0.